The first kappa shape index (κ1) is 20.1. The molecular formula is C21H27N7O2. The summed E-state index contributed by atoms with van der Waals surface area (Å²) in [6.07, 6.45) is 3.69. The predicted octanol–water partition coefficient (Wildman–Crippen LogP) is 1.06. The molecule has 0 spiro atoms. The minimum Gasteiger partial charge on any atom is -0.383 e. The molecule has 30 heavy (non-hydrogen) atoms. The SMILES string of the molecule is Nc1nc(N2CCN(CC(=O)N3CCCC3)CC2)ncc1C(=O)Nc1ccccc1. The number of aromatic nitrogens is 2. The Balaban J connectivity index is 1.32. The normalized spacial score (nSPS) is 17.2. The van der Waals surface area contributed by atoms with Crippen molar-refractivity contribution in [3.05, 3.63) is 42.1 Å². The molecule has 3 N–H and O–H groups in total. The summed E-state index contributed by atoms with van der Waals surface area (Å²) in [5.74, 6) is 0.542. The fourth-order valence-corrected chi connectivity index (χ4v) is 3.80. The van der Waals surface area contributed by atoms with Gasteiger partial charge < -0.3 is 20.9 Å². The standard InChI is InChI=1S/C21H27N7O2/c22-19-17(20(30)24-16-6-2-1-3-7-16)14-23-21(25-19)28-12-10-26(11-13-28)15-18(29)27-8-4-5-9-27/h1-3,6-7,14H,4-5,8-13,15H2,(H,24,30)(H2,22,23,25). The van der Waals surface area contributed by atoms with Crippen LogP contribution < -0.4 is 16.0 Å². The van der Waals surface area contributed by atoms with Crippen molar-refractivity contribution in [3.63, 3.8) is 0 Å². The van der Waals surface area contributed by atoms with Crippen molar-refractivity contribution in [3.8, 4) is 0 Å². The monoisotopic (exact) mass is 409 g/mol. The Morgan fingerprint density at radius 1 is 1.00 bits per heavy atom. The highest BCUT2D eigenvalue weighted by Gasteiger charge is 2.25. The maximum absolute atomic E-state index is 12.4. The van der Waals surface area contributed by atoms with Crippen molar-refractivity contribution in [1.29, 1.82) is 0 Å². The number of nitrogens with zero attached hydrogens (tertiary/aromatic N) is 5. The molecule has 3 heterocycles. The van der Waals surface area contributed by atoms with Gasteiger partial charge in [-0.2, -0.15) is 4.98 Å². The van der Waals surface area contributed by atoms with E-state index in [2.05, 4.69) is 20.2 Å². The van der Waals surface area contributed by atoms with Gasteiger partial charge in [0.05, 0.1) is 6.54 Å². The molecule has 158 valence electrons. The molecule has 0 unspecified atom stereocenters. The number of nitrogens with two attached hydrogens (primary N) is 1. The number of anilines is 3. The third-order valence-electron chi connectivity index (χ3n) is 5.55. The third kappa shape index (κ3) is 4.68. The molecule has 2 saturated heterocycles. The first-order chi connectivity index (χ1) is 14.6. The number of rotatable bonds is 5. The van der Waals surface area contributed by atoms with Crippen molar-refractivity contribution >= 4 is 29.3 Å². The van der Waals surface area contributed by atoms with Crippen molar-refractivity contribution in [2.75, 3.05) is 61.8 Å². The summed E-state index contributed by atoms with van der Waals surface area (Å²) in [4.78, 5) is 39.6. The van der Waals surface area contributed by atoms with Crippen molar-refractivity contribution < 1.29 is 9.59 Å². The van der Waals surface area contributed by atoms with Gasteiger partial charge in [0.2, 0.25) is 11.9 Å². The molecule has 2 amide bonds. The molecule has 2 aliphatic heterocycles. The second-order valence-electron chi connectivity index (χ2n) is 7.64. The number of hydrogen-bond acceptors (Lipinski definition) is 7. The molecule has 0 aliphatic carbocycles. The lowest BCUT2D eigenvalue weighted by Crippen LogP contribution is -2.50. The fourth-order valence-electron chi connectivity index (χ4n) is 3.80. The second kappa shape index (κ2) is 9.08. The van der Waals surface area contributed by atoms with Crippen LogP contribution in [-0.4, -0.2) is 77.4 Å². The van der Waals surface area contributed by atoms with Gasteiger partial charge in [0.15, 0.2) is 0 Å². The Hall–Kier alpha value is -3.20. The van der Waals surface area contributed by atoms with Gasteiger partial charge in [0, 0.05) is 51.2 Å². The number of nitrogen functional groups attached to an aromatic ring is 1. The summed E-state index contributed by atoms with van der Waals surface area (Å²) >= 11 is 0. The Morgan fingerprint density at radius 3 is 2.37 bits per heavy atom. The van der Waals surface area contributed by atoms with E-state index in [9.17, 15) is 9.59 Å². The number of hydrogen-bond donors (Lipinski definition) is 2. The average Bonchev–Trinajstić information content (AvgIpc) is 3.30. The number of likely N-dealkylation sites (tertiary alicyclic amines) is 1. The summed E-state index contributed by atoms with van der Waals surface area (Å²) in [6, 6.07) is 9.17. The molecular weight excluding hydrogens is 382 g/mol. The lowest BCUT2D eigenvalue weighted by Gasteiger charge is -2.35. The number of carbonyl (C=O) groups excluding carboxylic acids is 2. The quantitative estimate of drug-likeness (QED) is 0.760. The molecule has 0 saturated carbocycles. The van der Waals surface area contributed by atoms with Gasteiger partial charge in [0.25, 0.3) is 5.91 Å². The number of carbonyl (C=O) groups is 2. The van der Waals surface area contributed by atoms with Crippen LogP contribution in [0, 0.1) is 0 Å². The van der Waals surface area contributed by atoms with Crippen molar-refractivity contribution in [2.24, 2.45) is 0 Å². The van der Waals surface area contributed by atoms with Crippen LogP contribution in [0.4, 0.5) is 17.5 Å². The zero-order valence-electron chi connectivity index (χ0n) is 17.0. The van der Waals surface area contributed by atoms with E-state index < -0.39 is 0 Å². The van der Waals surface area contributed by atoms with E-state index in [1.54, 1.807) is 12.1 Å². The number of amides is 2. The van der Waals surface area contributed by atoms with Gasteiger partial charge in [0.1, 0.15) is 11.4 Å². The number of para-hydroxylation sites is 1. The van der Waals surface area contributed by atoms with Gasteiger partial charge >= 0.3 is 0 Å². The summed E-state index contributed by atoms with van der Waals surface area (Å²) in [6.45, 7) is 5.18. The van der Waals surface area contributed by atoms with Crippen LogP contribution in [0.3, 0.4) is 0 Å². The fraction of sp³-hybridized carbons (Fsp3) is 0.429. The van der Waals surface area contributed by atoms with E-state index >= 15 is 0 Å². The molecule has 2 aromatic rings. The molecule has 1 aromatic heterocycles. The summed E-state index contributed by atoms with van der Waals surface area (Å²) in [7, 11) is 0. The Kier molecular flexibility index (Phi) is 6.08. The largest absolute Gasteiger partial charge is 0.383 e. The van der Waals surface area contributed by atoms with Gasteiger partial charge in [-0.3, -0.25) is 14.5 Å². The predicted molar refractivity (Wildman–Crippen MR) is 115 cm³/mol. The molecule has 9 heteroatoms. The number of piperazine rings is 1. The van der Waals surface area contributed by atoms with E-state index in [0.29, 0.717) is 31.3 Å². The second-order valence-corrected chi connectivity index (χ2v) is 7.64. The van der Waals surface area contributed by atoms with Crippen molar-refractivity contribution in [1.82, 2.24) is 19.8 Å². The summed E-state index contributed by atoms with van der Waals surface area (Å²) in [5.41, 5.74) is 6.98. The Labute approximate surface area is 175 Å². The molecule has 2 fully saturated rings. The highest BCUT2D eigenvalue weighted by atomic mass is 16.2. The van der Waals surface area contributed by atoms with Crippen molar-refractivity contribution in [2.45, 2.75) is 12.8 Å². The van der Waals surface area contributed by atoms with Gasteiger partial charge in [-0.05, 0) is 25.0 Å². The molecule has 0 atom stereocenters. The highest BCUT2D eigenvalue weighted by molar-refractivity contribution is 6.07. The van der Waals surface area contributed by atoms with Gasteiger partial charge in [-0.25, -0.2) is 4.98 Å². The Morgan fingerprint density at radius 2 is 1.70 bits per heavy atom. The van der Waals surface area contributed by atoms with E-state index in [0.717, 1.165) is 39.0 Å². The van der Waals surface area contributed by atoms with Crippen LogP contribution in [0.1, 0.15) is 23.2 Å². The first-order valence-electron chi connectivity index (χ1n) is 10.3. The Bertz CT molecular complexity index is 891. The summed E-state index contributed by atoms with van der Waals surface area (Å²) < 4.78 is 0. The van der Waals surface area contributed by atoms with E-state index in [-0.39, 0.29) is 23.2 Å². The van der Waals surface area contributed by atoms with E-state index in [1.165, 1.54) is 6.20 Å². The average molecular weight is 409 g/mol. The molecule has 0 radical (unpaired) electrons. The topological polar surface area (TPSA) is 108 Å². The first-order valence-corrected chi connectivity index (χ1v) is 10.3. The molecule has 1 aromatic carbocycles. The minimum atomic E-state index is -0.338. The summed E-state index contributed by atoms with van der Waals surface area (Å²) in [5, 5.41) is 2.79. The minimum absolute atomic E-state index is 0.153. The van der Waals surface area contributed by atoms with Crippen LogP contribution in [0.15, 0.2) is 36.5 Å². The maximum Gasteiger partial charge on any atom is 0.260 e. The third-order valence-corrected chi connectivity index (χ3v) is 5.55. The zero-order chi connectivity index (χ0) is 20.9. The zero-order valence-corrected chi connectivity index (χ0v) is 17.0. The lowest BCUT2D eigenvalue weighted by atomic mass is 10.2. The number of benzene rings is 1. The number of nitrogens with one attached hydrogen (secondary N) is 1. The molecule has 2 aliphatic rings. The maximum atomic E-state index is 12.4. The lowest BCUT2D eigenvalue weighted by molar-refractivity contribution is -0.131. The van der Waals surface area contributed by atoms with E-state index in [1.807, 2.05) is 28.0 Å². The smallest absolute Gasteiger partial charge is 0.260 e. The van der Waals surface area contributed by atoms with Gasteiger partial charge in [-0.1, -0.05) is 18.2 Å². The van der Waals surface area contributed by atoms with Crippen LogP contribution in [0.25, 0.3) is 0 Å². The van der Waals surface area contributed by atoms with Gasteiger partial charge in [-0.15, -0.1) is 0 Å². The van der Waals surface area contributed by atoms with Crippen LogP contribution >= 0.6 is 0 Å². The van der Waals surface area contributed by atoms with E-state index in [4.69, 9.17) is 5.73 Å². The highest BCUT2D eigenvalue weighted by Crippen LogP contribution is 2.17. The molecule has 4 rings (SSSR count). The van der Waals surface area contributed by atoms with Crippen LogP contribution in [-0.2, 0) is 4.79 Å². The van der Waals surface area contributed by atoms with Crippen LogP contribution in [0.2, 0.25) is 0 Å². The van der Waals surface area contributed by atoms with Crippen LogP contribution in [0.5, 0.6) is 0 Å². The molecule has 0 bridgehead atoms. The molecule has 9 nitrogen and oxygen atoms in total.